The van der Waals surface area contributed by atoms with Crippen LogP contribution in [0.4, 0.5) is 0 Å². The average Bonchev–Trinajstić information content (AvgIpc) is 2.47. The number of hydrogen-bond acceptors (Lipinski definition) is 2. The number of nitrogens with zero attached hydrogens (tertiary/aromatic N) is 1. The minimum absolute atomic E-state index is 0.710. The van der Waals surface area contributed by atoms with Crippen LogP contribution < -0.4 is 0 Å². The Morgan fingerprint density at radius 1 is 1.75 bits per heavy atom. The van der Waals surface area contributed by atoms with Crippen molar-refractivity contribution in [3.8, 4) is 0 Å². The van der Waals surface area contributed by atoms with E-state index in [0.717, 1.165) is 11.3 Å². The first-order valence-corrected chi connectivity index (χ1v) is 5.70. The van der Waals surface area contributed by atoms with E-state index < -0.39 is 0 Å². The molecule has 0 aromatic carbocycles. The molecule has 1 rings (SSSR count). The van der Waals surface area contributed by atoms with Crippen molar-refractivity contribution in [2.45, 2.75) is 25.1 Å². The van der Waals surface area contributed by atoms with E-state index in [1.165, 1.54) is 6.42 Å². The first-order valence-electron chi connectivity index (χ1n) is 4.00. The molecule has 68 valence electrons. The van der Waals surface area contributed by atoms with Crippen molar-refractivity contribution >= 4 is 24.0 Å². The topological polar surface area (TPSA) is 20.7 Å². The Morgan fingerprint density at radius 2 is 2.50 bits per heavy atom. The van der Waals surface area contributed by atoms with Crippen molar-refractivity contribution in [3.05, 3.63) is 17.2 Å². The van der Waals surface area contributed by atoms with Crippen molar-refractivity contribution in [1.29, 1.82) is 0 Å². The van der Waals surface area contributed by atoms with Gasteiger partial charge >= 0.3 is 0 Å². The summed E-state index contributed by atoms with van der Waals surface area (Å²) in [6.07, 6.45) is 7.19. The van der Waals surface area contributed by atoms with Gasteiger partial charge in [-0.2, -0.15) is 11.8 Å². The lowest BCUT2D eigenvalue weighted by molar-refractivity contribution is 0.633. The van der Waals surface area contributed by atoms with Gasteiger partial charge in [0.05, 0.1) is 0 Å². The Morgan fingerprint density at radius 3 is 3.00 bits per heavy atom. The number of aryl methyl sites for hydroxylation is 1. The maximum Gasteiger partial charge on any atom is 0.177 e. The van der Waals surface area contributed by atoms with Gasteiger partial charge in [-0.05, 0) is 24.9 Å². The Hall–Kier alpha value is -0.220. The number of aromatic amines is 1. The molecule has 0 radical (unpaired) electrons. The normalized spacial score (nSPS) is 13.2. The number of imidazole rings is 1. The molecule has 0 spiro atoms. The van der Waals surface area contributed by atoms with Crippen LogP contribution in [-0.2, 0) is 6.54 Å². The summed E-state index contributed by atoms with van der Waals surface area (Å²) in [6, 6.07) is 0. The molecule has 1 aromatic heterocycles. The fourth-order valence-corrected chi connectivity index (χ4v) is 1.53. The summed E-state index contributed by atoms with van der Waals surface area (Å²) in [5.74, 6) is 0. The summed E-state index contributed by atoms with van der Waals surface area (Å²) >= 11 is 6.97. The molecule has 0 bridgehead atoms. The molecule has 1 atom stereocenters. The van der Waals surface area contributed by atoms with E-state index in [0.29, 0.717) is 5.25 Å². The zero-order chi connectivity index (χ0) is 8.97. The highest BCUT2D eigenvalue weighted by Gasteiger charge is 1.99. The van der Waals surface area contributed by atoms with E-state index in [9.17, 15) is 0 Å². The molecule has 1 N–H and O–H groups in total. The quantitative estimate of drug-likeness (QED) is 0.758. The Balaban J connectivity index is 2.43. The highest BCUT2D eigenvalue weighted by Crippen LogP contribution is 2.10. The predicted octanol–water partition coefficient (Wildman–Crippen LogP) is 2.69. The number of H-pyrrole nitrogens is 1. The molecule has 0 amide bonds. The van der Waals surface area contributed by atoms with Crippen molar-refractivity contribution in [3.63, 3.8) is 0 Å². The van der Waals surface area contributed by atoms with Crippen molar-refractivity contribution in [1.82, 2.24) is 9.55 Å². The zero-order valence-electron chi connectivity index (χ0n) is 7.41. The van der Waals surface area contributed by atoms with E-state index in [1.807, 2.05) is 24.2 Å². The number of aromatic nitrogens is 2. The van der Waals surface area contributed by atoms with Crippen LogP contribution in [0.15, 0.2) is 12.4 Å². The summed E-state index contributed by atoms with van der Waals surface area (Å²) in [5, 5.41) is 0.710. The van der Waals surface area contributed by atoms with Crippen molar-refractivity contribution in [2.75, 3.05) is 6.26 Å². The number of nitrogens with one attached hydrogen (secondary N) is 1. The molecular weight excluding hydrogens is 188 g/mol. The Bertz CT molecular complexity index is 277. The Labute approximate surface area is 82.4 Å². The summed E-state index contributed by atoms with van der Waals surface area (Å²) in [5.41, 5.74) is 0. The monoisotopic (exact) mass is 202 g/mol. The lowest BCUT2D eigenvalue weighted by atomic mass is 10.3. The lowest BCUT2D eigenvalue weighted by Crippen LogP contribution is -2.03. The number of rotatable bonds is 4. The highest BCUT2D eigenvalue weighted by atomic mass is 32.2. The molecule has 2 nitrogen and oxygen atoms in total. The highest BCUT2D eigenvalue weighted by molar-refractivity contribution is 7.99. The standard InChI is InChI=1S/C8H14N2S2/c1-7(12-2)3-5-10-6-4-9-8(10)11/h4,6-7H,3,5H2,1-2H3,(H,9,11). The predicted molar refractivity (Wildman–Crippen MR) is 57.2 cm³/mol. The molecule has 0 aliphatic rings. The maximum absolute atomic E-state index is 5.07. The molecule has 0 aliphatic carbocycles. The van der Waals surface area contributed by atoms with E-state index in [2.05, 4.69) is 22.7 Å². The van der Waals surface area contributed by atoms with Gasteiger partial charge in [-0.25, -0.2) is 0 Å². The van der Waals surface area contributed by atoms with Crippen LogP contribution in [0.25, 0.3) is 0 Å². The van der Waals surface area contributed by atoms with Crippen molar-refractivity contribution < 1.29 is 0 Å². The van der Waals surface area contributed by atoms with Gasteiger partial charge in [0.1, 0.15) is 0 Å². The lowest BCUT2D eigenvalue weighted by Gasteiger charge is -2.07. The van der Waals surface area contributed by atoms with Gasteiger partial charge in [0.15, 0.2) is 4.77 Å². The fraction of sp³-hybridized carbons (Fsp3) is 0.625. The van der Waals surface area contributed by atoms with Gasteiger partial charge < -0.3 is 9.55 Å². The van der Waals surface area contributed by atoms with Gasteiger partial charge in [0.25, 0.3) is 0 Å². The second kappa shape index (κ2) is 4.72. The third kappa shape index (κ3) is 2.68. The zero-order valence-corrected chi connectivity index (χ0v) is 9.04. The first kappa shape index (κ1) is 9.86. The van der Waals surface area contributed by atoms with Gasteiger partial charge in [-0.15, -0.1) is 0 Å². The second-order valence-corrected chi connectivity index (χ2v) is 4.46. The molecular formula is C8H14N2S2. The second-order valence-electron chi connectivity index (χ2n) is 2.79. The minimum atomic E-state index is 0.710. The van der Waals surface area contributed by atoms with Crippen LogP contribution in [-0.4, -0.2) is 21.1 Å². The van der Waals surface area contributed by atoms with Crippen LogP contribution in [0.2, 0.25) is 0 Å². The first-order chi connectivity index (χ1) is 5.74. The average molecular weight is 202 g/mol. The third-order valence-corrected chi connectivity index (χ3v) is 3.29. The summed E-state index contributed by atoms with van der Waals surface area (Å²) < 4.78 is 2.89. The number of hydrogen-bond donors (Lipinski definition) is 1. The fourth-order valence-electron chi connectivity index (χ4n) is 0.964. The minimum Gasteiger partial charge on any atom is -0.337 e. The molecule has 1 heterocycles. The number of thioether (sulfide) groups is 1. The van der Waals surface area contributed by atoms with Gasteiger partial charge in [-0.3, -0.25) is 0 Å². The molecule has 0 fully saturated rings. The van der Waals surface area contributed by atoms with Crippen LogP contribution in [0.1, 0.15) is 13.3 Å². The van der Waals surface area contributed by atoms with E-state index >= 15 is 0 Å². The molecule has 0 saturated heterocycles. The van der Waals surface area contributed by atoms with E-state index in [1.54, 1.807) is 0 Å². The Kier molecular flexibility index (Phi) is 3.88. The van der Waals surface area contributed by atoms with Gasteiger partial charge in [0.2, 0.25) is 0 Å². The van der Waals surface area contributed by atoms with Crippen LogP contribution in [0.3, 0.4) is 0 Å². The molecule has 1 unspecified atom stereocenters. The molecule has 1 aromatic rings. The molecule has 12 heavy (non-hydrogen) atoms. The van der Waals surface area contributed by atoms with Crippen LogP contribution >= 0.6 is 24.0 Å². The SMILES string of the molecule is CSC(C)CCn1cc[nH]c1=S. The van der Waals surface area contributed by atoms with Gasteiger partial charge in [-0.1, -0.05) is 6.92 Å². The maximum atomic E-state index is 5.07. The van der Waals surface area contributed by atoms with E-state index in [4.69, 9.17) is 12.2 Å². The molecule has 4 heteroatoms. The van der Waals surface area contributed by atoms with Crippen LogP contribution in [0, 0.1) is 4.77 Å². The smallest absolute Gasteiger partial charge is 0.177 e. The van der Waals surface area contributed by atoms with E-state index in [-0.39, 0.29) is 0 Å². The largest absolute Gasteiger partial charge is 0.337 e. The summed E-state index contributed by atoms with van der Waals surface area (Å²) in [7, 11) is 0. The third-order valence-electron chi connectivity index (χ3n) is 1.90. The molecule has 0 aliphatic heterocycles. The van der Waals surface area contributed by atoms with Crippen LogP contribution in [0.5, 0.6) is 0 Å². The van der Waals surface area contributed by atoms with Crippen molar-refractivity contribution in [2.24, 2.45) is 0 Å². The summed E-state index contributed by atoms with van der Waals surface area (Å²) in [4.78, 5) is 2.98. The molecule has 0 saturated carbocycles. The summed E-state index contributed by atoms with van der Waals surface area (Å²) in [6.45, 7) is 3.26. The van der Waals surface area contributed by atoms with Gasteiger partial charge in [0, 0.05) is 24.2 Å².